The average molecular weight is 569 g/mol. The van der Waals surface area contributed by atoms with Crippen LogP contribution in [0.1, 0.15) is 6.85 Å². The highest BCUT2D eigenvalue weighted by atomic mass is 15.2. The topological polar surface area (TPSA) is 48.5 Å². The van der Waals surface area contributed by atoms with Crippen molar-refractivity contribution >= 4 is 43.6 Å². The molecule has 0 saturated carbocycles. The first kappa shape index (κ1) is 19.9. The molecule has 0 aliphatic rings. The standard InChI is InChI=1S/C39H25N5/c1-4-14-26(15-5-1)37-40-38(27-16-6-2-7-17-27)42-39(41-37)44-33-23-13-11-21-31(33)35-34(44)25-24-30-29-20-10-12-22-32(29)43(36(30)35)28-18-8-3-9-19-28/h1-25H/i3D,8D,9D,18D,19D. The molecule has 0 spiro atoms. The van der Waals surface area contributed by atoms with Crippen LogP contribution in [0.4, 0.5) is 0 Å². The summed E-state index contributed by atoms with van der Waals surface area (Å²) < 4.78 is 47.0. The highest BCUT2D eigenvalue weighted by Gasteiger charge is 2.22. The summed E-state index contributed by atoms with van der Waals surface area (Å²) in [6.07, 6.45) is 0. The maximum absolute atomic E-state index is 8.96. The third-order valence-electron chi connectivity index (χ3n) is 8.07. The zero-order chi connectivity index (χ0) is 33.4. The lowest BCUT2D eigenvalue weighted by atomic mass is 10.1. The Hall–Kier alpha value is -6.07. The third-order valence-corrected chi connectivity index (χ3v) is 8.07. The van der Waals surface area contributed by atoms with Crippen LogP contribution in [0.2, 0.25) is 0 Å². The first-order valence-electron chi connectivity index (χ1n) is 16.8. The zero-order valence-electron chi connectivity index (χ0n) is 28.3. The van der Waals surface area contributed by atoms with Crippen LogP contribution >= 0.6 is 0 Å². The molecule has 9 aromatic rings. The van der Waals surface area contributed by atoms with E-state index in [1.807, 2.05) is 130 Å². The van der Waals surface area contributed by atoms with E-state index in [0.29, 0.717) is 17.6 Å². The van der Waals surface area contributed by atoms with Gasteiger partial charge < -0.3 is 4.57 Å². The molecular formula is C39H25N5. The fraction of sp³-hybridized carbons (Fsp3) is 0. The molecule has 0 aliphatic heterocycles. The van der Waals surface area contributed by atoms with Crippen molar-refractivity contribution in [2.45, 2.75) is 0 Å². The van der Waals surface area contributed by atoms with E-state index in [1.165, 1.54) is 0 Å². The monoisotopic (exact) mass is 568 g/mol. The van der Waals surface area contributed by atoms with Gasteiger partial charge in [0.05, 0.1) is 28.9 Å². The van der Waals surface area contributed by atoms with Crippen molar-refractivity contribution in [1.29, 1.82) is 0 Å². The highest BCUT2D eigenvalue weighted by Crippen LogP contribution is 2.41. The molecule has 5 heteroatoms. The first-order valence-corrected chi connectivity index (χ1v) is 14.3. The van der Waals surface area contributed by atoms with Crippen molar-refractivity contribution < 1.29 is 6.85 Å². The van der Waals surface area contributed by atoms with E-state index in [2.05, 4.69) is 0 Å². The summed E-state index contributed by atoms with van der Waals surface area (Å²) in [6.45, 7) is 0. The van der Waals surface area contributed by atoms with Gasteiger partial charge in [0.2, 0.25) is 5.95 Å². The lowest BCUT2D eigenvalue weighted by molar-refractivity contribution is 0.953. The van der Waals surface area contributed by atoms with Crippen molar-refractivity contribution in [1.82, 2.24) is 24.1 Å². The number of aromatic nitrogens is 5. The Bertz CT molecular complexity index is 2690. The molecule has 0 aliphatic carbocycles. The minimum Gasteiger partial charge on any atom is -0.309 e. The third kappa shape index (κ3) is 3.69. The molecule has 9 rings (SSSR count). The Morgan fingerprint density at radius 3 is 1.68 bits per heavy atom. The van der Waals surface area contributed by atoms with Gasteiger partial charge in [-0.05, 0) is 30.3 Å². The number of hydrogen-bond acceptors (Lipinski definition) is 3. The SMILES string of the molecule is [2H]c1c([2H])c([2H])c(-n2c3ccccc3c3ccc4c(c5ccccc5n4-c4nc(-c5ccccc5)nc(-c5ccccc5)n4)c32)c([2H])c1[2H]. The van der Waals surface area contributed by atoms with Crippen LogP contribution in [0.3, 0.4) is 0 Å². The van der Waals surface area contributed by atoms with E-state index < -0.39 is 6.04 Å². The van der Waals surface area contributed by atoms with E-state index in [9.17, 15) is 0 Å². The average Bonchev–Trinajstić information content (AvgIpc) is 3.67. The van der Waals surface area contributed by atoms with Gasteiger partial charge in [-0.2, -0.15) is 9.97 Å². The number of benzene rings is 6. The van der Waals surface area contributed by atoms with Crippen LogP contribution in [0.25, 0.3) is 78.0 Å². The van der Waals surface area contributed by atoms with E-state index in [4.69, 9.17) is 21.8 Å². The molecule has 0 unspecified atom stereocenters. The van der Waals surface area contributed by atoms with Gasteiger partial charge in [0, 0.05) is 38.4 Å². The summed E-state index contributed by atoms with van der Waals surface area (Å²) in [7, 11) is 0. The predicted molar refractivity (Wildman–Crippen MR) is 179 cm³/mol. The summed E-state index contributed by atoms with van der Waals surface area (Å²) in [4.78, 5) is 15.0. The van der Waals surface area contributed by atoms with Gasteiger partial charge in [0.1, 0.15) is 0 Å². The summed E-state index contributed by atoms with van der Waals surface area (Å²) in [5.41, 5.74) is 4.92. The molecule has 0 amide bonds. The van der Waals surface area contributed by atoms with E-state index in [-0.39, 0.29) is 29.9 Å². The van der Waals surface area contributed by atoms with Gasteiger partial charge in [0.15, 0.2) is 11.6 Å². The van der Waals surface area contributed by atoms with Crippen molar-refractivity contribution in [3.63, 3.8) is 0 Å². The zero-order valence-corrected chi connectivity index (χ0v) is 23.3. The van der Waals surface area contributed by atoms with E-state index in [1.54, 1.807) is 0 Å². The molecule has 0 fully saturated rings. The number of fused-ring (bicyclic) bond motifs is 7. The van der Waals surface area contributed by atoms with E-state index >= 15 is 0 Å². The molecule has 5 nitrogen and oxygen atoms in total. The second-order valence-corrected chi connectivity index (χ2v) is 10.5. The lowest BCUT2D eigenvalue weighted by Gasteiger charge is -2.11. The first-order chi connectivity index (χ1) is 23.9. The number of hydrogen-bond donors (Lipinski definition) is 0. The summed E-state index contributed by atoms with van der Waals surface area (Å²) in [5.74, 6) is 1.50. The molecule has 206 valence electrons. The Kier molecular flexibility index (Phi) is 4.42. The van der Waals surface area contributed by atoms with Crippen molar-refractivity contribution in [3.8, 4) is 34.4 Å². The van der Waals surface area contributed by atoms with Crippen LogP contribution in [0, 0.1) is 0 Å². The molecule has 0 radical (unpaired) electrons. The molecule has 3 aromatic heterocycles. The Balaban J connectivity index is 1.45. The fourth-order valence-electron chi connectivity index (χ4n) is 6.21. The molecule has 3 heterocycles. The Morgan fingerprint density at radius 2 is 1.02 bits per heavy atom. The van der Waals surface area contributed by atoms with Gasteiger partial charge >= 0.3 is 0 Å². The lowest BCUT2D eigenvalue weighted by Crippen LogP contribution is -2.06. The van der Waals surface area contributed by atoms with Crippen molar-refractivity contribution in [2.24, 2.45) is 0 Å². The number of para-hydroxylation sites is 3. The summed E-state index contributed by atoms with van der Waals surface area (Å²) >= 11 is 0. The molecule has 44 heavy (non-hydrogen) atoms. The largest absolute Gasteiger partial charge is 0.309 e. The van der Waals surface area contributed by atoms with E-state index in [0.717, 1.165) is 54.7 Å². The fourth-order valence-corrected chi connectivity index (χ4v) is 6.21. The van der Waals surface area contributed by atoms with Gasteiger partial charge in [-0.3, -0.25) is 4.57 Å². The maximum Gasteiger partial charge on any atom is 0.238 e. The molecular weight excluding hydrogens is 538 g/mol. The van der Waals surface area contributed by atoms with Crippen LogP contribution < -0.4 is 0 Å². The Labute approximate surface area is 260 Å². The molecule has 0 atom stereocenters. The van der Waals surface area contributed by atoms with Crippen LogP contribution in [0.15, 0.2) is 152 Å². The summed E-state index contributed by atoms with van der Waals surface area (Å²) in [5, 5.41) is 3.55. The van der Waals surface area contributed by atoms with Gasteiger partial charge in [-0.1, -0.05) is 121 Å². The number of nitrogens with zero attached hydrogens (tertiary/aromatic N) is 5. The molecule has 0 saturated heterocycles. The van der Waals surface area contributed by atoms with Crippen LogP contribution in [-0.4, -0.2) is 24.1 Å². The van der Waals surface area contributed by atoms with Gasteiger partial charge in [-0.25, -0.2) is 4.98 Å². The second-order valence-electron chi connectivity index (χ2n) is 10.5. The molecule has 6 aromatic carbocycles. The van der Waals surface area contributed by atoms with Crippen LogP contribution in [-0.2, 0) is 0 Å². The molecule has 0 N–H and O–H groups in total. The smallest absolute Gasteiger partial charge is 0.238 e. The second kappa shape index (κ2) is 9.75. The summed E-state index contributed by atoms with van der Waals surface area (Å²) in [6, 6.07) is 37.7. The van der Waals surface area contributed by atoms with Gasteiger partial charge in [0.25, 0.3) is 0 Å². The maximum atomic E-state index is 8.96. The predicted octanol–water partition coefficient (Wildman–Crippen LogP) is 9.40. The number of rotatable bonds is 4. The van der Waals surface area contributed by atoms with Crippen molar-refractivity contribution in [2.75, 3.05) is 0 Å². The van der Waals surface area contributed by atoms with Crippen molar-refractivity contribution in [3.05, 3.63) is 152 Å². The minimum absolute atomic E-state index is 0.0967. The van der Waals surface area contributed by atoms with Crippen LogP contribution in [0.5, 0.6) is 0 Å². The normalized spacial score (nSPS) is 13.2. The quantitative estimate of drug-likeness (QED) is 0.212. The van der Waals surface area contributed by atoms with Gasteiger partial charge in [-0.15, -0.1) is 0 Å². The highest BCUT2D eigenvalue weighted by molar-refractivity contribution is 6.26. The Morgan fingerprint density at radius 1 is 0.455 bits per heavy atom. The minimum atomic E-state index is -0.431. The molecule has 0 bridgehead atoms.